The van der Waals surface area contributed by atoms with E-state index >= 15 is 0 Å². The smallest absolute Gasteiger partial charge is 0.0354 e. The Hall–Kier alpha value is 0. The van der Waals surface area contributed by atoms with E-state index in [1.54, 1.807) is 0 Å². The summed E-state index contributed by atoms with van der Waals surface area (Å²) in [6.07, 6.45) is 41.7. The van der Waals surface area contributed by atoms with Crippen LogP contribution in [-0.4, -0.2) is 0 Å². The second kappa shape index (κ2) is 107. The van der Waals surface area contributed by atoms with Crippen LogP contribution >= 0.6 is 0 Å². The summed E-state index contributed by atoms with van der Waals surface area (Å²) in [6, 6.07) is 0. The molecule has 5 aliphatic carbocycles. The fourth-order valence-electron chi connectivity index (χ4n) is 4.36. The van der Waals surface area contributed by atoms with Gasteiger partial charge < -0.3 is 0 Å². The summed E-state index contributed by atoms with van der Waals surface area (Å²) in [5.41, 5.74) is 1.79. The standard InChI is InChI=1S/6C6H14.4C5H10.4C5H12.C4H8.2C4H10.C3H8.2C2H6/c1-5-6(2,3)4;1-5(2)6(3)4;2*1-4-5-6(2)3;1-4-6(3)5-2;1-3-5-6-4-2;1-5(2)3-4-5;1-4-3-5(4)2;1-5-3-2-4-5;1-2-5-3-4-5;1-5(2,3)4;2*1-4-5(2)3;1-3-5-4-2;1-4-2-3-4;1-4(2)3;1-3-4-2;1-3-2;2*1-2/h5H2,1-4H3;5-6H,1-4H3;3*6H,4-5H2,1-3H3;3-6H2,1-2H3;3-4H2,1-2H3;4-5H,3H2,1-2H3;2*5H,2-4H2,1H3;1-4H3;2*5H,4H2,1-3H3;3-5H2,1-2H3;4H,2-3H2,1H3;4H,1-3H3;3-4H2,1-2H3;3H2,1-2H3;2*1-2H3. The van der Waals surface area contributed by atoms with Gasteiger partial charge in [0.2, 0.25) is 0 Å². The highest BCUT2D eigenvalue weighted by Gasteiger charge is 2.30. The van der Waals surface area contributed by atoms with Crippen molar-refractivity contribution in [1.82, 2.24) is 0 Å². The van der Waals surface area contributed by atoms with Crippen LogP contribution in [0.3, 0.4) is 0 Å². The van der Waals surface area contributed by atoms with Gasteiger partial charge in [-0.2, -0.15) is 0 Å². The second-order valence-corrected chi connectivity index (χ2v) is 35.2. The van der Waals surface area contributed by atoms with Gasteiger partial charge in [-0.05, 0) is 112 Å². The molecule has 600 valence electrons. The lowest BCUT2D eigenvalue weighted by molar-refractivity contribution is 0.346. The second-order valence-electron chi connectivity index (χ2n) is 35.2. The minimum absolute atomic E-state index is 0.500. The third kappa shape index (κ3) is 294. The lowest BCUT2D eigenvalue weighted by Crippen LogP contribution is -2.04. The average Bonchev–Trinajstić information content (AvgIpc) is 1.76. The van der Waals surface area contributed by atoms with Gasteiger partial charge in [0.25, 0.3) is 0 Å². The van der Waals surface area contributed by atoms with E-state index in [-0.39, 0.29) is 0 Å². The van der Waals surface area contributed by atoms with Crippen LogP contribution in [0.5, 0.6) is 0 Å². The molecule has 95 heavy (non-hydrogen) atoms. The molecule has 0 nitrogen and oxygen atoms in total. The highest BCUT2D eigenvalue weighted by atomic mass is 14.4. The molecule has 2 atom stereocenters. The molecule has 0 N–H and O–H groups in total. The van der Waals surface area contributed by atoms with Gasteiger partial charge in [0.1, 0.15) is 0 Å². The van der Waals surface area contributed by atoms with Crippen molar-refractivity contribution in [3.05, 3.63) is 0 Å². The molecule has 0 aliphatic heterocycles. The Morgan fingerprint density at radius 1 is 0.358 bits per heavy atom. The molecule has 0 amide bonds. The van der Waals surface area contributed by atoms with Crippen LogP contribution in [0, 0.1) is 93.2 Å². The maximum Gasteiger partial charge on any atom is -0.0354 e. The molecule has 0 heterocycles. The van der Waals surface area contributed by atoms with Crippen LogP contribution in [-0.2, 0) is 0 Å². The summed E-state index contributed by atoms with van der Waals surface area (Å²) >= 11 is 0. The minimum Gasteiger partial charge on any atom is -0.0683 e. The Bertz CT molecular complexity index is 996. The Labute approximate surface area is 621 Å². The summed E-state index contributed by atoms with van der Waals surface area (Å²) in [5, 5.41) is 0. The van der Waals surface area contributed by atoms with Crippen molar-refractivity contribution in [3.63, 3.8) is 0 Å². The molecule has 0 radical (unpaired) electrons. The highest BCUT2D eigenvalue weighted by Crippen LogP contribution is 2.43. The number of hydrogen-bond acceptors (Lipinski definition) is 0. The molecule has 5 aliphatic rings. The molecule has 0 aromatic carbocycles. The van der Waals surface area contributed by atoms with Crippen molar-refractivity contribution in [3.8, 4) is 0 Å². The number of unbranched alkanes of at least 4 members (excludes halogenated alkanes) is 6. The molecular formula is C95H220. The van der Waals surface area contributed by atoms with Gasteiger partial charge in [0, 0.05) is 0 Å². The Balaban J connectivity index is -0.0000000548. The molecule has 5 fully saturated rings. The van der Waals surface area contributed by atoms with E-state index in [4.69, 9.17) is 0 Å². The van der Waals surface area contributed by atoms with E-state index in [9.17, 15) is 0 Å². The van der Waals surface area contributed by atoms with E-state index in [1.165, 1.54) is 193 Å². The zero-order chi connectivity index (χ0) is 79.2. The molecule has 0 heteroatoms. The van der Waals surface area contributed by atoms with Crippen LogP contribution in [0.1, 0.15) is 532 Å². The van der Waals surface area contributed by atoms with E-state index in [2.05, 4.69) is 312 Å². The van der Waals surface area contributed by atoms with Crippen LogP contribution in [0.2, 0.25) is 0 Å². The fraction of sp³-hybridized carbons (Fsp3) is 1.00. The quantitative estimate of drug-likeness (QED) is 0.135. The normalized spacial score (nSPS) is 14.9. The van der Waals surface area contributed by atoms with Crippen molar-refractivity contribution in [1.29, 1.82) is 0 Å². The highest BCUT2D eigenvalue weighted by molar-refractivity contribution is 4.82. The SMILES string of the molecule is CC.CC.CC(C)(C)C.CC(C)C.CC(C)C(C)C.CC1(C)CC1.CC1CC1.CC1CC1C.CC1CCC1.CCC.CCC(C)(C)C.CCC(C)C.CCC(C)C.CCC(C)CC.CCC1CC1.CCCC.CCCC(C)C.CCCC(C)C.CCCCC.CCCCCC. The summed E-state index contributed by atoms with van der Waals surface area (Å²) in [4.78, 5) is 0. The molecule has 2 unspecified atom stereocenters. The molecular weight excluding hydrogens is 1140 g/mol. The van der Waals surface area contributed by atoms with E-state index < -0.39 is 0 Å². The van der Waals surface area contributed by atoms with Gasteiger partial charge >= 0.3 is 0 Å². The van der Waals surface area contributed by atoms with Gasteiger partial charge in [0.05, 0.1) is 0 Å². The van der Waals surface area contributed by atoms with Crippen molar-refractivity contribution in [2.24, 2.45) is 93.2 Å². The fourth-order valence-corrected chi connectivity index (χ4v) is 4.36. The molecule has 0 saturated heterocycles. The zero-order valence-corrected chi connectivity index (χ0v) is 79.2. The third-order valence-corrected chi connectivity index (χ3v) is 15.6. The Kier molecular flexibility index (Phi) is 148. The lowest BCUT2D eigenvalue weighted by Gasteiger charge is -2.18. The van der Waals surface area contributed by atoms with Crippen molar-refractivity contribution < 1.29 is 0 Å². The maximum absolute atomic E-state index is 2.31. The Morgan fingerprint density at radius 2 is 0.568 bits per heavy atom. The third-order valence-electron chi connectivity index (χ3n) is 15.6. The molecule has 5 rings (SSSR count). The van der Waals surface area contributed by atoms with Gasteiger partial charge in [0.15, 0.2) is 0 Å². The first-order valence-corrected chi connectivity index (χ1v) is 43.7. The van der Waals surface area contributed by atoms with Crippen molar-refractivity contribution >= 4 is 0 Å². The summed E-state index contributed by atoms with van der Waals surface area (Å²) in [6.45, 7) is 108. The summed E-state index contributed by atoms with van der Waals surface area (Å²) < 4.78 is 0. The predicted octanol–water partition coefficient (Wildman–Crippen LogP) is 38.4. The van der Waals surface area contributed by atoms with Gasteiger partial charge in [-0.1, -0.05) is 513 Å². The first kappa shape index (κ1) is 131. The monoisotopic (exact) mass is 1360 g/mol. The van der Waals surface area contributed by atoms with E-state index in [0.29, 0.717) is 10.8 Å². The van der Waals surface area contributed by atoms with Crippen LogP contribution in [0.15, 0.2) is 0 Å². The van der Waals surface area contributed by atoms with Crippen LogP contribution in [0.4, 0.5) is 0 Å². The van der Waals surface area contributed by atoms with Gasteiger partial charge in [-0.3, -0.25) is 0 Å². The molecule has 0 aromatic rings. The maximum atomic E-state index is 2.31. The van der Waals surface area contributed by atoms with Crippen molar-refractivity contribution in [2.75, 3.05) is 0 Å². The molecule has 0 spiro atoms. The molecule has 0 bridgehead atoms. The zero-order valence-electron chi connectivity index (χ0n) is 79.2. The first-order chi connectivity index (χ1) is 43.7. The molecule has 0 aromatic heterocycles. The van der Waals surface area contributed by atoms with Crippen LogP contribution in [0.25, 0.3) is 0 Å². The number of rotatable bonds is 16. The summed E-state index contributed by atoms with van der Waals surface area (Å²) in [7, 11) is 0. The lowest BCUT2D eigenvalue weighted by atomic mass is 9.88. The minimum atomic E-state index is 0.500. The predicted molar refractivity (Wildman–Crippen MR) is 469 cm³/mol. The molecule has 5 saturated carbocycles. The topological polar surface area (TPSA) is 0 Å². The first-order valence-electron chi connectivity index (χ1n) is 43.7. The van der Waals surface area contributed by atoms with Crippen LogP contribution < -0.4 is 0 Å². The van der Waals surface area contributed by atoms with Gasteiger partial charge in [-0.25, -0.2) is 0 Å². The number of hydrogen-bond donors (Lipinski definition) is 0. The van der Waals surface area contributed by atoms with E-state index in [0.717, 1.165) is 82.3 Å². The van der Waals surface area contributed by atoms with Crippen molar-refractivity contribution in [2.45, 2.75) is 532 Å². The van der Waals surface area contributed by atoms with E-state index in [1.807, 2.05) is 27.7 Å². The average molecular weight is 1360 g/mol. The van der Waals surface area contributed by atoms with Gasteiger partial charge in [-0.15, -0.1) is 0 Å². The Morgan fingerprint density at radius 3 is 0.579 bits per heavy atom. The summed E-state index contributed by atoms with van der Waals surface area (Å²) in [5.74, 6) is 12.4. The largest absolute Gasteiger partial charge is 0.0683 e.